The molecule has 12 heteroatoms. The van der Waals surface area contributed by atoms with Crippen molar-refractivity contribution in [2.24, 2.45) is 0 Å². The number of rotatable bonds is 7. The van der Waals surface area contributed by atoms with Crippen LogP contribution < -0.4 is 16.3 Å². The maximum Gasteiger partial charge on any atom is 0.349 e. The van der Waals surface area contributed by atoms with Crippen molar-refractivity contribution in [2.45, 2.75) is 6.54 Å². The Balaban J connectivity index is 1.28. The number of halogens is 1. The molecule has 0 spiro atoms. The van der Waals surface area contributed by atoms with Crippen LogP contribution in [-0.2, 0) is 6.54 Å². The van der Waals surface area contributed by atoms with Gasteiger partial charge in [0.15, 0.2) is 5.82 Å². The van der Waals surface area contributed by atoms with Gasteiger partial charge in [0.25, 0.3) is 5.91 Å². The quantitative estimate of drug-likeness (QED) is 0.204. The summed E-state index contributed by atoms with van der Waals surface area (Å²) in [6.07, 6.45) is 3.49. The lowest BCUT2D eigenvalue weighted by molar-refractivity contribution is 0.0897. The summed E-state index contributed by atoms with van der Waals surface area (Å²) in [6.45, 7) is 0.451. The monoisotopic (exact) mass is 534 g/mol. The van der Waals surface area contributed by atoms with E-state index in [-0.39, 0.29) is 31.1 Å². The fourth-order valence-corrected chi connectivity index (χ4v) is 3.17. The van der Waals surface area contributed by atoms with Crippen LogP contribution in [0.5, 0.6) is 0 Å². The number of amides is 2. The zero-order valence-corrected chi connectivity index (χ0v) is 18.0. The first-order valence-electron chi connectivity index (χ1n) is 9.09. The Labute approximate surface area is 187 Å². The second kappa shape index (κ2) is 9.07. The molecule has 0 aliphatic heterocycles. The minimum Gasteiger partial charge on any atom is -0.422 e. The molecule has 0 aliphatic rings. The molecule has 3 heterocycles. The molecule has 31 heavy (non-hydrogen) atoms. The highest BCUT2D eigenvalue weighted by atomic mass is 127. The zero-order chi connectivity index (χ0) is 21.8. The Kier molecular flexibility index (Phi) is 6.06. The van der Waals surface area contributed by atoms with Gasteiger partial charge in [-0.3, -0.25) is 14.3 Å². The van der Waals surface area contributed by atoms with Gasteiger partial charge in [0.1, 0.15) is 17.7 Å². The first-order valence-corrected chi connectivity index (χ1v) is 10.2. The van der Waals surface area contributed by atoms with Crippen molar-refractivity contribution in [3.05, 3.63) is 74.0 Å². The van der Waals surface area contributed by atoms with E-state index in [4.69, 9.17) is 8.94 Å². The molecule has 0 aliphatic carbocycles. The lowest BCUT2D eigenvalue weighted by atomic mass is 10.2. The fraction of sp³-hybridized carbons (Fsp3) is 0.158. The van der Waals surface area contributed by atoms with Crippen LogP contribution in [0, 0.1) is 3.57 Å². The van der Waals surface area contributed by atoms with Crippen LogP contribution in [0.3, 0.4) is 0 Å². The number of para-hydroxylation sites is 1. The number of hydrogen-bond acceptors (Lipinski definition) is 8. The first-order chi connectivity index (χ1) is 15.0. The molecule has 1 aromatic carbocycles. The molecule has 0 unspecified atom stereocenters. The van der Waals surface area contributed by atoms with Gasteiger partial charge in [-0.25, -0.2) is 4.79 Å². The molecule has 0 bridgehead atoms. The van der Waals surface area contributed by atoms with Crippen molar-refractivity contribution < 1.29 is 18.5 Å². The summed E-state index contributed by atoms with van der Waals surface area (Å²) in [4.78, 5) is 40.4. The number of nitrogens with one attached hydrogen (secondary N) is 2. The molecule has 4 aromatic rings. The average molecular weight is 534 g/mol. The minimum atomic E-state index is -0.731. The molecule has 4 rings (SSSR count). The molecule has 0 saturated carbocycles. The Bertz CT molecular complexity index is 1310. The Morgan fingerprint density at radius 3 is 2.68 bits per heavy atom. The molecule has 0 atom stereocenters. The molecular formula is C19H15IN6O5. The molecule has 11 nitrogen and oxygen atoms in total. The Morgan fingerprint density at radius 1 is 1.13 bits per heavy atom. The van der Waals surface area contributed by atoms with E-state index < -0.39 is 17.4 Å². The van der Waals surface area contributed by atoms with Crippen LogP contribution in [0.15, 0.2) is 56.5 Å². The third kappa shape index (κ3) is 4.96. The largest absolute Gasteiger partial charge is 0.422 e. The topological polar surface area (TPSA) is 145 Å². The molecule has 0 fully saturated rings. The number of carbonyl (C=O) groups excluding carboxylic acids is 2. The van der Waals surface area contributed by atoms with Crippen molar-refractivity contribution in [3.8, 4) is 0 Å². The predicted molar refractivity (Wildman–Crippen MR) is 115 cm³/mol. The summed E-state index contributed by atoms with van der Waals surface area (Å²) >= 11 is 2.13. The second-order valence-electron chi connectivity index (χ2n) is 6.37. The third-order valence-electron chi connectivity index (χ3n) is 4.15. The highest BCUT2D eigenvalue weighted by molar-refractivity contribution is 14.1. The first kappa shape index (κ1) is 20.7. The van der Waals surface area contributed by atoms with Crippen LogP contribution >= 0.6 is 22.6 Å². The summed E-state index contributed by atoms with van der Waals surface area (Å²) in [6, 6.07) is 8.36. The lowest BCUT2D eigenvalue weighted by Crippen LogP contribution is -2.36. The van der Waals surface area contributed by atoms with Crippen LogP contribution in [0.2, 0.25) is 0 Å². The number of carbonyl (C=O) groups is 2. The van der Waals surface area contributed by atoms with Crippen LogP contribution in [0.25, 0.3) is 11.0 Å². The summed E-state index contributed by atoms with van der Waals surface area (Å²) in [5.41, 5.74) is -0.442. The lowest BCUT2D eigenvalue weighted by Gasteiger charge is -2.05. The predicted octanol–water partition coefficient (Wildman–Crippen LogP) is 1.19. The third-order valence-corrected chi connectivity index (χ3v) is 4.71. The van der Waals surface area contributed by atoms with Crippen LogP contribution in [-0.4, -0.2) is 44.8 Å². The van der Waals surface area contributed by atoms with Crippen LogP contribution in [0.1, 0.15) is 26.9 Å². The van der Waals surface area contributed by atoms with E-state index in [0.717, 1.165) is 3.57 Å². The zero-order valence-electron chi connectivity index (χ0n) is 15.9. The summed E-state index contributed by atoms with van der Waals surface area (Å²) in [7, 11) is 0. The fourth-order valence-electron chi connectivity index (χ4n) is 2.72. The van der Waals surface area contributed by atoms with Crippen molar-refractivity contribution in [1.82, 2.24) is 30.6 Å². The molecule has 0 radical (unpaired) electrons. The van der Waals surface area contributed by atoms with Gasteiger partial charge < -0.3 is 19.6 Å². The molecule has 2 amide bonds. The van der Waals surface area contributed by atoms with Gasteiger partial charge in [0.05, 0.1) is 9.77 Å². The second-order valence-corrected chi connectivity index (χ2v) is 7.61. The van der Waals surface area contributed by atoms with Crippen LogP contribution in [0.4, 0.5) is 0 Å². The van der Waals surface area contributed by atoms with Gasteiger partial charge in [0.2, 0.25) is 0 Å². The van der Waals surface area contributed by atoms with Gasteiger partial charge in [-0.2, -0.15) is 10.1 Å². The van der Waals surface area contributed by atoms with E-state index in [0.29, 0.717) is 16.8 Å². The average Bonchev–Trinajstić information content (AvgIpc) is 3.39. The van der Waals surface area contributed by atoms with Gasteiger partial charge in [-0.05, 0) is 34.7 Å². The highest BCUT2D eigenvalue weighted by Crippen LogP contribution is 2.12. The number of hydrogen-bond donors (Lipinski definition) is 2. The Hall–Kier alpha value is -3.55. The minimum absolute atomic E-state index is 0.0869. The summed E-state index contributed by atoms with van der Waals surface area (Å²) in [5.74, 6) is -1.06. The van der Waals surface area contributed by atoms with Gasteiger partial charge in [-0.15, -0.1) is 0 Å². The molecule has 0 saturated heterocycles. The van der Waals surface area contributed by atoms with E-state index >= 15 is 0 Å². The maximum atomic E-state index is 12.3. The number of nitrogens with zero attached hydrogens (tertiary/aromatic N) is 4. The number of fused-ring (bicyclic) bond motifs is 1. The smallest absolute Gasteiger partial charge is 0.349 e. The normalized spacial score (nSPS) is 10.9. The molecule has 2 N–H and O–H groups in total. The van der Waals surface area contributed by atoms with Gasteiger partial charge in [-0.1, -0.05) is 23.4 Å². The summed E-state index contributed by atoms with van der Waals surface area (Å²) < 4.78 is 12.7. The number of aromatic nitrogens is 4. The van der Waals surface area contributed by atoms with E-state index in [2.05, 4.69) is 48.5 Å². The maximum absolute atomic E-state index is 12.3. The van der Waals surface area contributed by atoms with E-state index in [1.54, 1.807) is 41.3 Å². The van der Waals surface area contributed by atoms with E-state index in [9.17, 15) is 14.4 Å². The van der Waals surface area contributed by atoms with Gasteiger partial charge in [0, 0.05) is 24.7 Å². The van der Waals surface area contributed by atoms with Crippen molar-refractivity contribution >= 4 is 45.4 Å². The van der Waals surface area contributed by atoms with Crippen molar-refractivity contribution in [1.29, 1.82) is 0 Å². The van der Waals surface area contributed by atoms with Gasteiger partial charge >= 0.3 is 17.4 Å². The standard InChI is InChI=1S/C19H15IN6O5/c20-12-8-23-26(9-12)10-15-24-18(31-25-15)17(28)22-6-5-21-16(27)13-7-11-3-1-2-4-14(11)30-19(13)29/h1-4,7-9H,5-6,10H2,(H,21,27)(H,22,28). The van der Waals surface area contributed by atoms with E-state index in [1.807, 2.05) is 0 Å². The van der Waals surface area contributed by atoms with Crippen molar-refractivity contribution in [2.75, 3.05) is 13.1 Å². The molecular weight excluding hydrogens is 519 g/mol. The molecule has 158 valence electrons. The highest BCUT2D eigenvalue weighted by Gasteiger charge is 2.16. The van der Waals surface area contributed by atoms with Crippen molar-refractivity contribution in [3.63, 3.8) is 0 Å². The Morgan fingerprint density at radius 2 is 1.90 bits per heavy atom. The number of benzene rings is 1. The molecule has 3 aromatic heterocycles. The summed E-state index contributed by atoms with van der Waals surface area (Å²) in [5, 5.41) is 13.6. The SMILES string of the molecule is O=C(NCCNC(=O)c1cc2ccccc2oc1=O)c1nc(Cn2cc(I)cn2)no1. The van der Waals surface area contributed by atoms with E-state index in [1.165, 1.54) is 6.07 Å².